The van der Waals surface area contributed by atoms with Crippen molar-refractivity contribution in [3.05, 3.63) is 53.6 Å². The fraction of sp³-hybridized carbons (Fsp3) is 0.545. The van der Waals surface area contributed by atoms with Crippen molar-refractivity contribution in [2.75, 3.05) is 0 Å². The number of allylic oxidation sites excluding steroid dienone is 3. The third kappa shape index (κ3) is 5.83. The molecule has 22 heavy (non-hydrogen) atoms. The van der Waals surface area contributed by atoms with Crippen molar-refractivity contribution in [3.8, 4) is 0 Å². The smallest absolute Gasteiger partial charge is 0.0126 e. The summed E-state index contributed by atoms with van der Waals surface area (Å²) in [5.74, 6) is 0. The number of hydrogen-bond acceptors (Lipinski definition) is 0. The lowest BCUT2D eigenvalue weighted by molar-refractivity contribution is 0.587. The minimum atomic E-state index is 0.196. The van der Waals surface area contributed by atoms with Crippen LogP contribution in [0.15, 0.2) is 42.5 Å². The largest absolute Gasteiger partial charge is 0.103 e. The van der Waals surface area contributed by atoms with Gasteiger partial charge in [-0.15, -0.1) is 6.58 Å². The van der Waals surface area contributed by atoms with Gasteiger partial charge in [0.15, 0.2) is 0 Å². The molecule has 0 unspecified atom stereocenters. The maximum Gasteiger partial charge on any atom is -0.0126 e. The van der Waals surface area contributed by atoms with Gasteiger partial charge in [0.25, 0.3) is 0 Å². The van der Waals surface area contributed by atoms with Crippen LogP contribution in [-0.4, -0.2) is 0 Å². The van der Waals surface area contributed by atoms with Crippen LogP contribution in [0.2, 0.25) is 0 Å². The topological polar surface area (TPSA) is 0 Å². The van der Waals surface area contributed by atoms with E-state index in [2.05, 4.69) is 65.5 Å². The highest BCUT2D eigenvalue weighted by molar-refractivity contribution is 5.71. The van der Waals surface area contributed by atoms with Crippen molar-refractivity contribution < 1.29 is 0 Å². The quantitative estimate of drug-likeness (QED) is 0.349. The second-order valence-corrected chi connectivity index (χ2v) is 7.52. The minimum absolute atomic E-state index is 0.196. The van der Waals surface area contributed by atoms with E-state index in [-0.39, 0.29) is 5.41 Å². The lowest BCUT2D eigenvalue weighted by atomic mass is 9.80. The minimum Gasteiger partial charge on any atom is -0.103 e. The number of benzene rings is 1. The molecule has 0 heteroatoms. The Morgan fingerprint density at radius 1 is 1.00 bits per heavy atom. The summed E-state index contributed by atoms with van der Waals surface area (Å²) in [6.45, 7) is 15.2. The van der Waals surface area contributed by atoms with Crippen LogP contribution in [0, 0.1) is 0 Å². The molecular formula is C22H34. The average Bonchev–Trinajstić information content (AvgIpc) is 2.45. The Kier molecular flexibility index (Phi) is 7.65. The molecule has 0 heterocycles. The Morgan fingerprint density at radius 3 is 2.23 bits per heavy atom. The first kappa shape index (κ1) is 18.7. The van der Waals surface area contributed by atoms with Crippen LogP contribution >= 0.6 is 0 Å². The van der Waals surface area contributed by atoms with Crippen molar-refractivity contribution in [2.24, 2.45) is 0 Å². The molecule has 0 aliphatic rings. The Balaban J connectivity index is 2.82. The van der Waals surface area contributed by atoms with E-state index >= 15 is 0 Å². The summed E-state index contributed by atoms with van der Waals surface area (Å²) < 4.78 is 0. The summed E-state index contributed by atoms with van der Waals surface area (Å²) in [7, 11) is 0. The van der Waals surface area contributed by atoms with Crippen molar-refractivity contribution in [1.82, 2.24) is 0 Å². The summed E-state index contributed by atoms with van der Waals surface area (Å²) >= 11 is 0. The third-order valence-corrected chi connectivity index (χ3v) is 4.25. The van der Waals surface area contributed by atoms with Gasteiger partial charge in [-0.05, 0) is 61.6 Å². The SMILES string of the molecule is C=CCCCCCCC(=C(C)C)c1ccccc1C(C)(C)C. The summed E-state index contributed by atoms with van der Waals surface area (Å²) in [4.78, 5) is 0. The van der Waals surface area contributed by atoms with Gasteiger partial charge in [-0.2, -0.15) is 0 Å². The molecule has 0 aliphatic heterocycles. The monoisotopic (exact) mass is 298 g/mol. The van der Waals surface area contributed by atoms with Gasteiger partial charge in [-0.1, -0.05) is 69.5 Å². The predicted octanol–water partition coefficient (Wildman–Crippen LogP) is 7.30. The standard InChI is InChI=1S/C22H34/c1-7-8-9-10-11-12-15-19(18(2)3)20-16-13-14-17-21(20)22(4,5)6/h7,13-14,16-17H,1,8-12,15H2,2-6H3. The van der Waals surface area contributed by atoms with E-state index in [4.69, 9.17) is 0 Å². The molecule has 0 spiro atoms. The van der Waals surface area contributed by atoms with Gasteiger partial charge in [0.05, 0.1) is 0 Å². The second kappa shape index (κ2) is 8.98. The van der Waals surface area contributed by atoms with Crippen LogP contribution in [0.3, 0.4) is 0 Å². The third-order valence-electron chi connectivity index (χ3n) is 4.25. The van der Waals surface area contributed by atoms with Gasteiger partial charge in [0.1, 0.15) is 0 Å². The van der Waals surface area contributed by atoms with Crippen molar-refractivity contribution in [2.45, 2.75) is 78.6 Å². The highest BCUT2D eigenvalue weighted by Crippen LogP contribution is 2.34. The molecule has 0 atom stereocenters. The Labute approximate surface area is 138 Å². The van der Waals surface area contributed by atoms with Crippen molar-refractivity contribution >= 4 is 5.57 Å². The fourth-order valence-electron chi connectivity index (χ4n) is 3.00. The summed E-state index contributed by atoms with van der Waals surface area (Å²) in [5, 5.41) is 0. The molecule has 1 rings (SSSR count). The van der Waals surface area contributed by atoms with E-state index in [1.807, 2.05) is 6.08 Å². The van der Waals surface area contributed by atoms with Crippen LogP contribution in [0.4, 0.5) is 0 Å². The van der Waals surface area contributed by atoms with Crippen LogP contribution in [0.25, 0.3) is 5.57 Å². The maximum atomic E-state index is 3.79. The van der Waals surface area contributed by atoms with Crippen LogP contribution in [0.1, 0.15) is 84.3 Å². The Hall–Kier alpha value is -1.30. The van der Waals surface area contributed by atoms with Gasteiger partial charge in [0, 0.05) is 0 Å². The highest BCUT2D eigenvalue weighted by atomic mass is 14.2. The normalized spacial score (nSPS) is 11.3. The predicted molar refractivity (Wildman–Crippen MR) is 101 cm³/mol. The van der Waals surface area contributed by atoms with E-state index < -0.39 is 0 Å². The first-order chi connectivity index (χ1) is 10.4. The Morgan fingerprint density at radius 2 is 1.64 bits per heavy atom. The van der Waals surface area contributed by atoms with Crippen LogP contribution in [0.5, 0.6) is 0 Å². The second-order valence-electron chi connectivity index (χ2n) is 7.52. The maximum absolute atomic E-state index is 3.79. The summed E-state index contributed by atoms with van der Waals surface area (Å²) in [6.07, 6.45) is 9.60. The molecule has 0 saturated heterocycles. The molecule has 0 aromatic heterocycles. The molecule has 0 aliphatic carbocycles. The van der Waals surface area contributed by atoms with Gasteiger partial charge in [-0.3, -0.25) is 0 Å². The molecule has 0 radical (unpaired) electrons. The van der Waals surface area contributed by atoms with Gasteiger partial charge < -0.3 is 0 Å². The van der Waals surface area contributed by atoms with E-state index in [9.17, 15) is 0 Å². The lowest BCUT2D eigenvalue weighted by Crippen LogP contribution is -2.14. The number of rotatable bonds is 8. The lowest BCUT2D eigenvalue weighted by Gasteiger charge is -2.25. The first-order valence-corrected chi connectivity index (χ1v) is 8.75. The molecular weight excluding hydrogens is 264 g/mol. The molecule has 0 saturated carbocycles. The molecule has 0 bridgehead atoms. The highest BCUT2D eigenvalue weighted by Gasteiger charge is 2.19. The molecule has 0 nitrogen and oxygen atoms in total. The molecule has 0 fully saturated rings. The van der Waals surface area contributed by atoms with Crippen molar-refractivity contribution in [1.29, 1.82) is 0 Å². The zero-order chi connectivity index (χ0) is 16.6. The van der Waals surface area contributed by atoms with Crippen LogP contribution in [-0.2, 0) is 5.41 Å². The molecule has 1 aromatic rings. The molecule has 1 aromatic carbocycles. The Bertz CT molecular complexity index is 493. The van der Waals surface area contributed by atoms with Gasteiger partial charge in [-0.25, -0.2) is 0 Å². The number of unbranched alkanes of at least 4 members (excludes halogenated alkanes) is 4. The fourth-order valence-corrected chi connectivity index (χ4v) is 3.00. The zero-order valence-corrected chi connectivity index (χ0v) is 15.3. The van der Waals surface area contributed by atoms with Crippen LogP contribution < -0.4 is 0 Å². The number of hydrogen-bond donors (Lipinski definition) is 0. The first-order valence-electron chi connectivity index (χ1n) is 8.75. The molecule has 0 N–H and O–H groups in total. The summed E-state index contributed by atoms with van der Waals surface area (Å²) in [6, 6.07) is 8.95. The van der Waals surface area contributed by atoms with E-state index in [1.54, 1.807) is 5.57 Å². The molecule has 122 valence electrons. The van der Waals surface area contributed by atoms with E-state index in [0.29, 0.717) is 0 Å². The van der Waals surface area contributed by atoms with Gasteiger partial charge in [0.2, 0.25) is 0 Å². The van der Waals surface area contributed by atoms with Gasteiger partial charge >= 0.3 is 0 Å². The average molecular weight is 299 g/mol. The van der Waals surface area contributed by atoms with Crippen molar-refractivity contribution in [3.63, 3.8) is 0 Å². The van der Waals surface area contributed by atoms with E-state index in [0.717, 1.165) is 6.42 Å². The van der Waals surface area contributed by atoms with E-state index in [1.165, 1.54) is 48.8 Å². The summed E-state index contributed by atoms with van der Waals surface area (Å²) in [5.41, 5.74) is 6.14. The zero-order valence-electron chi connectivity index (χ0n) is 15.3. The molecule has 0 amide bonds.